The molecule has 1 fully saturated rings. The van der Waals surface area contributed by atoms with Crippen molar-refractivity contribution in [3.63, 3.8) is 0 Å². The van der Waals surface area contributed by atoms with Gasteiger partial charge in [-0.3, -0.25) is 4.90 Å². The van der Waals surface area contributed by atoms with Crippen molar-refractivity contribution in [1.29, 1.82) is 0 Å². The van der Waals surface area contributed by atoms with Crippen LogP contribution in [0.25, 0.3) is 12.2 Å². The summed E-state index contributed by atoms with van der Waals surface area (Å²) in [6.45, 7) is 4.19. The van der Waals surface area contributed by atoms with Crippen LogP contribution in [-0.4, -0.2) is 55.5 Å². The van der Waals surface area contributed by atoms with Crippen LogP contribution in [-0.2, 0) is 4.74 Å². The molecule has 2 aromatic rings. The number of ether oxygens (including phenoxy) is 1. The summed E-state index contributed by atoms with van der Waals surface area (Å²) in [6.07, 6.45) is 4.50. The molecule has 2 aliphatic heterocycles. The summed E-state index contributed by atoms with van der Waals surface area (Å²) in [5, 5.41) is 9.22. The number of hydrogen-bond donors (Lipinski definition) is 1. The summed E-state index contributed by atoms with van der Waals surface area (Å²) in [5.74, 6) is 0. The second kappa shape index (κ2) is 7.40. The highest BCUT2D eigenvalue weighted by molar-refractivity contribution is 5.88. The fraction of sp³-hybridized carbons (Fsp3) is 0.333. The third-order valence-electron chi connectivity index (χ3n) is 4.92. The SMILES string of the molecule is OCCN1CCOC(CN2c3ccccc3C=Cc3ccccc32)C1. The molecule has 0 bridgehead atoms. The van der Waals surface area contributed by atoms with Gasteiger partial charge in [-0.15, -0.1) is 0 Å². The van der Waals surface area contributed by atoms with Gasteiger partial charge in [0, 0.05) is 31.0 Å². The normalized spacial score (nSPS) is 20.0. The minimum Gasteiger partial charge on any atom is -0.395 e. The summed E-state index contributed by atoms with van der Waals surface area (Å²) in [5.41, 5.74) is 4.88. The number of anilines is 2. The second-order valence-corrected chi connectivity index (χ2v) is 6.58. The van der Waals surface area contributed by atoms with E-state index in [1.54, 1.807) is 0 Å². The Kier molecular flexibility index (Phi) is 4.83. The average Bonchev–Trinajstić information content (AvgIpc) is 2.80. The van der Waals surface area contributed by atoms with E-state index >= 15 is 0 Å². The molecular formula is C21H24N2O2. The van der Waals surface area contributed by atoms with Gasteiger partial charge in [0.15, 0.2) is 0 Å². The predicted octanol–water partition coefficient (Wildman–Crippen LogP) is 3.00. The van der Waals surface area contributed by atoms with Crippen LogP contribution in [0.2, 0.25) is 0 Å². The number of aliphatic hydroxyl groups is 1. The number of para-hydroxylation sites is 2. The molecule has 1 atom stereocenters. The van der Waals surface area contributed by atoms with E-state index in [0.29, 0.717) is 6.54 Å². The van der Waals surface area contributed by atoms with Crippen LogP contribution in [0.15, 0.2) is 48.5 Å². The zero-order valence-corrected chi connectivity index (χ0v) is 14.3. The molecule has 130 valence electrons. The summed E-state index contributed by atoms with van der Waals surface area (Å²) < 4.78 is 6.04. The van der Waals surface area contributed by atoms with E-state index in [4.69, 9.17) is 4.74 Å². The highest BCUT2D eigenvalue weighted by Crippen LogP contribution is 2.36. The fourth-order valence-corrected chi connectivity index (χ4v) is 3.69. The molecule has 25 heavy (non-hydrogen) atoms. The van der Waals surface area contributed by atoms with Crippen LogP contribution in [0, 0.1) is 0 Å². The highest BCUT2D eigenvalue weighted by Gasteiger charge is 2.25. The van der Waals surface area contributed by atoms with Crippen LogP contribution < -0.4 is 4.90 Å². The number of benzene rings is 2. The Bertz CT molecular complexity index is 708. The number of aliphatic hydroxyl groups excluding tert-OH is 1. The Labute approximate surface area is 148 Å². The van der Waals surface area contributed by atoms with Gasteiger partial charge >= 0.3 is 0 Å². The van der Waals surface area contributed by atoms with Crippen LogP contribution in [0.1, 0.15) is 11.1 Å². The number of nitrogens with zero attached hydrogens (tertiary/aromatic N) is 2. The quantitative estimate of drug-likeness (QED) is 0.931. The van der Waals surface area contributed by atoms with E-state index < -0.39 is 0 Å². The lowest BCUT2D eigenvalue weighted by Gasteiger charge is -2.36. The Morgan fingerprint density at radius 2 is 1.60 bits per heavy atom. The van der Waals surface area contributed by atoms with Crippen LogP contribution in [0.4, 0.5) is 11.4 Å². The van der Waals surface area contributed by atoms with Crippen molar-refractivity contribution < 1.29 is 9.84 Å². The number of hydrogen-bond acceptors (Lipinski definition) is 4. The molecule has 1 saturated heterocycles. The van der Waals surface area contributed by atoms with E-state index in [-0.39, 0.29) is 12.7 Å². The molecule has 1 unspecified atom stereocenters. The van der Waals surface area contributed by atoms with Crippen molar-refractivity contribution in [2.24, 2.45) is 0 Å². The third-order valence-corrected chi connectivity index (χ3v) is 4.92. The lowest BCUT2D eigenvalue weighted by atomic mass is 10.1. The maximum absolute atomic E-state index is 9.22. The molecular weight excluding hydrogens is 312 g/mol. The summed E-state index contributed by atoms with van der Waals surface area (Å²) in [4.78, 5) is 4.65. The van der Waals surface area contributed by atoms with Crippen molar-refractivity contribution in [3.05, 3.63) is 59.7 Å². The van der Waals surface area contributed by atoms with Crippen molar-refractivity contribution >= 4 is 23.5 Å². The number of morpholine rings is 1. The smallest absolute Gasteiger partial charge is 0.0881 e. The Morgan fingerprint density at radius 3 is 2.24 bits per heavy atom. The Morgan fingerprint density at radius 1 is 0.960 bits per heavy atom. The van der Waals surface area contributed by atoms with Crippen molar-refractivity contribution in [1.82, 2.24) is 4.90 Å². The minimum absolute atomic E-state index is 0.125. The first-order chi connectivity index (χ1) is 12.3. The molecule has 4 rings (SSSR count). The highest BCUT2D eigenvalue weighted by atomic mass is 16.5. The standard InChI is InChI=1S/C21H24N2O2/c24-13-11-22-12-14-25-19(15-22)16-23-20-7-3-1-5-17(20)9-10-18-6-2-4-8-21(18)23/h1-10,19,24H,11-16H2. The zero-order chi connectivity index (χ0) is 17.1. The van der Waals surface area contributed by atoms with Gasteiger partial charge in [0.25, 0.3) is 0 Å². The van der Waals surface area contributed by atoms with Gasteiger partial charge in [-0.25, -0.2) is 0 Å². The van der Waals surface area contributed by atoms with Gasteiger partial charge in [0.05, 0.1) is 25.9 Å². The average molecular weight is 336 g/mol. The van der Waals surface area contributed by atoms with Crippen LogP contribution in [0.3, 0.4) is 0 Å². The van der Waals surface area contributed by atoms with Crippen molar-refractivity contribution in [2.45, 2.75) is 6.10 Å². The predicted molar refractivity (Wildman–Crippen MR) is 102 cm³/mol. The molecule has 4 nitrogen and oxygen atoms in total. The second-order valence-electron chi connectivity index (χ2n) is 6.58. The van der Waals surface area contributed by atoms with Crippen molar-refractivity contribution in [2.75, 3.05) is 44.3 Å². The van der Waals surface area contributed by atoms with Gasteiger partial charge in [-0.1, -0.05) is 48.6 Å². The van der Waals surface area contributed by atoms with Crippen molar-refractivity contribution in [3.8, 4) is 0 Å². The molecule has 0 amide bonds. The van der Waals surface area contributed by atoms with Crippen LogP contribution >= 0.6 is 0 Å². The molecule has 2 aliphatic rings. The van der Waals surface area contributed by atoms with E-state index in [1.807, 2.05) is 0 Å². The largest absolute Gasteiger partial charge is 0.395 e. The molecule has 1 N–H and O–H groups in total. The van der Waals surface area contributed by atoms with E-state index in [9.17, 15) is 5.11 Å². The third kappa shape index (κ3) is 3.47. The van der Waals surface area contributed by atoms with Crippen LogP contribution in [0.5, 0.6) is 0 Å². The van der Waals surface area contributed by atoms with Gasteiger partial charge in [-0.2, -0.15) is 0 Å². The summed E-state index contributed by atoms with van der Waals surface area (Å²) >= 11 is 0. The molecule has 2 heterocycles. The van der Waals surface area contributed by atoms with E-state index in [1.165, 1.54) is 22.5 Å². The lowest BCUT2D eigenvalue weighted by molar-refractivity contribution is -0.0269. The maximum atomic E-state index is 9.22. The van der Waals surface area contributed by atoms with Gasteiger partial charge < -0.3 is 14.7 Å². The van der Waals surface area contributed by atoms with E-state index in [0.717, 1.165) is 26.2 Å². The summed E-state index contributed by atoms with van der Waals surface area (Å²) in [7, 11) is 0. The Balaban J connectivity index is 1.65. The lowest BCUT2D eigenvalue weighted by Crippen LogP contribution is -2.47. The van der Waals surface area contributed by atoms with Gasteiger partial charge in [0.1, 0.15) is 0 Å². The molecule has 2 aromatic carbocycles. The molecule has 0 aliphatic carbocycles. The Hall–Kier alpha value is -2.14. The molecule has 0 radical (unpaired) electrons. The zero-order valence-electron chi connectivity index (χ0n) is 14.3. The topological polar surface area (TPSA) is 35.9 Å². The molecule has 0 spiro atoms. The maximum Gasteiger partial charge on any atom is 0.0881 e. The monoisotopic (exact) mass is 336 g/mol. The summed E-state index contributed by atoms with van der Waals surface area (Å²) in [6, 6.07) is 17.0. The minimum atomic E-state index is 0.125. The van der Waals surface area contributed by atoms with Gasteiger partial charge in [-0.05, 0) is 23.3 Å². The van der Waals surface area contributed by atoms with E-state index in [2.05, 4.69) is 70.5 Å². The first-order valence-corrected chi connectivity index (χ1v) is 8.93. The number of β-amino-alcohol motifs (C(OH)–C–C–N with tert-alkyl or cyclic N) is 1. The number of fused-ring (bicyclic) bond motifs is 2. The number of rotatable bonds is 4. The fourth-order valence-electron chi connectivity index (χ4n) is 3.69. The first kappa shape index (κ1) is 16.3. The molecule has 0 aromatic heterocycles. The first-order valence-electron chi connectivity index (χ1n) is 8.93. The van der Waals surface area contributed by atoms with Gasteiger partial charge in [0.2, 0.25) is 0 Å². The molecule has 0 saturated carbocycles. The molecule has 4 heteroatoms.